The van der Waals surface area contributed by atoms with Crippen LogP contribution in [0.4, 0.5) is 21.5 Å². The third kappa shape index (κ3) is 4.17. The minimum Gasteiger partial charge on any atom is -0.398 e. The van der Waals surface area contributed by atoms with Gasteiger partial charge in [-0.1, -0.05) is 12.1 Å². The van der Waals surface area contributed by atoms with Crippen LogP contribution in [0.2, 0.25) is 0 Å². The number of nitro benzene ring substituents is 1. The van der Waals surface area contributed by atoms with Gasteiger partial charge in [0.25, 0.3) is 5.69 Å². The van der Waals surface area contributed by atoms with Crippen molar-refractivity contribution in [2.75, 3.05) is 11.1 Å². The number of nitrogen functional groups attached to an aromatic ring is 1. The van der Waals surface area contributed by atoms with E-state index in [0.29, 0.717) is 17.8 Å². The molecular formula is C15H16FN3O2. The first-order valence-electron chi connectivity index (χ1n) is 6.50. The van der Waals surface area contributed by atoms with Crippen LogP contribution in [0.3, 0.4) is 0 Å². The first-order valence-corrected chi connectivity index (χ1v) is 6.50. The van der Waals surface area contributed by atoms with Crippen molar-refractivity contribution in [3.05, 3.63) is 64.0 Å². The first kappa shape index (κ1) is 14.8. The molecule has 3 N–H and O–H groups in total. The summed E-state index contributed by atoms with van der Waals surface area (Å²) < 4.78 is 12.8. The second kappa shape index (κ2) is 6.21. The number of benzene rings is 2. The van der Waals surface area contributed by atoms with Gasteiger partial charge >= 0.3 is 0 Å². The first-order chi connectivity index (χ1) is 9.94. The standard InChI is InChI=1S/C15H16FN3O2/c1-10(6-11-2-4-12(16)5-3-11)18-14-7-13(17)8-15(9-14)19(20)21/h2-5,7-10,18H,6,17H2,1H3. The molecule has 21 heavy (non-hydrogen) atoms. The van der Waals surface area contributed by atoms with Crippen LogP contribution in [0, 0.1) is 15.9 Å². The summed E-state index contributed by atoms with van der Waals surface area (Å²) >= 11 is 0. The topological polar surface area (TPSA) is 81.2 Å². The highest BCUT2D eigenvalue weighted by Crippen LogP contribution is 2.23. The number of anilines is 2. The average Bonchev–Trinajstić information content (AvgIpc) is 2.40. The molecule has 2 aromatic carbocycles. The number of hydrogen-bond donors (Lipinski definition) is 2. The van der Waals surface area contributed by atoms with E-state index in [1.54, 1.807) is 18.2 Å². The van der Waals surface area contributed by atoms with E-state index in [1.807, 2.05) is 6.92 Å². The van der Waals surface area contributed by atoms with Crippen molar-refractivity contribution in [3.63, 3.8) is 0 Å². The van der Waals surface area contributed by atoms with Gasteiger partial charge in [0.1, 0.15) is 5.82 Å². The number of nitrogens with two attached hydrogens (primary N) is 1. The van der Waals surface area contributed by atoms with Crippen LogP contribution in [-0.4, -0.2) is 11.0 Å². The van der Waals surface area contributed by atoms with Crippen molar-refractivity contribution in [1.29, 1.82) is 0 Å². The van der Waals surface area contributed by atoms with Gasteiger partial charge in [-0.15, -0.1) is 0 Å². The van der Waals surface area contributed by atoms with E-state index in [1.165, 1.54) is 24.3 Å². The second-order valence-corrected chi connectivity index (χ2v) is 4.95. The second-order valence-electron chi connectivity index (χ2n) is 4.95. The lowest BCUT2D eigenvalue weighted by Gasteiger charge is -2.15. The fourth-order valence-electron chi connectivity index (χ4n) is 2.13. The normalized spacial score (nSPS) is 11.9. The third-order valence-corrected chi connectivity index (χ3v) is 3.02. The summed E-state index contributed by atoms with van der Waals surface area (Å²) in [6.07, 6.45) is 0.670. The Labute approximate surface area is 121 Å². The number of nitrogens with zero attached hydrogens (tertiary/aromatic N) is 1. The number of rotatable bonds is 5. The molecule has 0 bridgehead atoms. The minimum absolute atomic E-state index is 0.0249. The molecule has 0 aromatic heterocycles. The van der Waals surface area contributed by atoms with Gasteiger partial charge in [-0.2, -0.15) is 0 Å². The molecule has 0 saturated heterocycles. The number of non-ortho nitro benzene ring substituents is 1. The van der Waals surface area contributed by atoms with Crippen LogP contribution in [-0.2, 0) is 6.42 Å². The van der Waals surface area contributed by atoms with Crippen LogP contribution in [0.25, 0.3) is 0 Å². The minimum atomic E-state index is -0.480. The van der Waals surface area contributed by atoms with Crippen molar-refractivity contribution in [3.8, 4) is 0 Å². The Balaban J connectivity index is 2.07. The molecule has 0 aliphatic carbocycles. The molecule has 110 valence electrons. The van der Waals surface area contributed by atoms with Crippen molar-refractivity contribution in [2.24, 2.45) is 0 Å². The van der Waals surface area contributed by atoms with Gasteiger partial charge in [0.2, 0.25) is 0 Å². The van der Waals surface area contributed by atoms with Crippen molar-refractivity contribution in [1.82, 2.24) is 0 Å². The summed E-state index contributed by atoms with van der Waals surface area (Å²) in [4.78, 5) is 10.3. The van der Waals surface area contributed by atoms with E-state index in [9.17, 15) is 14.5 Å². The van der Waals surface area contributed by atoms with Gasteiger partial charge in [0.15, 0.2) is 0 Å². The maximum Gasteiger partial charge on any atom is 0.273 e. The van der Waals surface area contributed by atoms with Crippen LogP contribution < -0.4 is 11.1 Å². The molecule has 0 fully saturated rings. The fourth-order valence-corrected chi connectivity index (χ4v) is 2.13. The summed E-state index contributed by atoms with van der Waals surface area (Å²) in [6.45, 7) is 1.94. The number of hydrogen-bond acceptors (Lipinski definition) is 4. The SMILES string of the molecule is CC(Cc1ccc(F)cc1)Nc1cc(N)cc([N+](=O)[O-])c1. The number of nitro groups is 1. The zero-order valence-electron chi connectivity index (χ0n) is 11.5. The Morgan fingerprint density at radius 3 is 2.57 bits per heavy atom. The molecule has 0 heterocycles. The van der Waals surface area contributed by atoms with E-state index < -0.39 is 4.92 Å². The third-order valence-electron chi connectivity index (χ3n) is 3.02. The van der Waals surface area contributed by atoms with E-state index in [2.05, 4.69) is 5.32 Å². The van der Waals surface area contributed by atoms with Crippen LogP contribution in [0.1, 0.15) is 12.5 Å². The molecular weight excluding hydrogens is 273 g/mol. The van der Waals surface area contributed by atoms with Gasteiger partial charge in [0, 0.05) is 29.5 Å². The lowest BCUT2D eigenvalue weighted by atomic mass is 10.1. The van der Waals surface area contributed by atoms with Gasteiger partial charge in [0.05, 0.1) is 4.92 Å². The highest BCUT2D eigenvalue weighted by atomic mass is 19.1. The maximum atomic E-state index is 12.8. The van der Waals surface area contributed by atoms with E-state index in [4.69, 9.17) is 5.73 Å². The Bertz CT molecular complexity index is 644. The van der Waals surface area contributed by atoms with Gasteiger partial charge < -0.3 is 11.1 Å². The quantitative estimate of drug-likeness (QED) is 0.502. The number of halogens is 1. The van der Waals surface area contributed by atoms with Gasteiger partial charge in [-0.05, 0) is 37.1 Å². The molecule has 0 amide bonds. The molecule has 0 radical (unpaired) electrons. The van der Waals surface area contributed by atoms with Crippen LogP contribution >= 0.6 is 0 Å². The van der Waals surface area contributed by atoms with E-state index in [0.717, 1.165) is 5.56 Å². The molecule has 0 saturated carbocycles. The van der Waals surface area contributed by atoms with Crippen LogP contribution in [0.15, 0.2) is 42.5 Å². The van der Waals surface area contributed by atoms with Crippen molar-refractivity contribution in [2.45, 2.75) is 19.4 Å². The summed E-state index contributed by atoms with van der Waals surface area (Å²) in [5, 5.41) is 14.0. The zero-order valence-corrected chi connectivity index (χ0v) is 11.5. The zero-order chi connectivity index (χ0) is 15.4. The smallest absolute Gasteiger partial charge is 0.273 e. The van der Waals surface area contributed by atoms with Crippen LogP contribution in [0.5, 0.6) is 0 Å². The summed E-state index contributed by atoms with van der Waals surface area (Å²) in [5.41, 5.74) is 7.52. The van der Waals surface area contributed by atoms with Crippen molar-refractivity contribution < 1.29 is 9.31 Å². The van der Waals surface area contributed by atoms with Crippen molar-refractivity contribution >= 4 is 17.1 Å². The molecule has 6 heteroatoms. The summed E-state index contributed by atoms with van der Waals surface area (Å²) in [5.74, 6) is -0.272. The molecule has 1 unspecified atom stereocenters. The van der Waals surface area contributed by atoms with Gasteiger partial charge in [-0.25, -0.2) is 4.39 Å². The largest absolute Gasteiger partial charge is 0.398 e. The maximum absolute atomic E-state index is 12.8. The Morgan fingerprint density at radius 1 is 1.29 bits per heavy atom. The Hall–Kier alpha value is -2.63. The van der Waals surface area contributed by atoms with E-state index in [-0.39, 0.29) is 17.5 Å². The molecule has 5 nitrogen and oxygen atoms in total. The average molecular weight is 289 g/mol. The molecule has 1 atom stereocenters. The highest BCUT2D eigenvalue weighted by Gasteiger charge is 2.10. The molecule has 0 aliphatic rings. The number of nitrogens with one attached hydrogen (secondary N) is 1. The summed E-state index contributed by atoms with van der Waals surface area (Å²) in [7, 11) is 0. The highest BCUT2D eigenvalue weighted by molar-refractivity contribution is 5.61. The molecule has 0 aliphatic heterocycles. The summed E-state index contributed by atoms with van der Waals surface area (Å²) in [6, 6.07) is 10.7. The predicted octanol–water partition coefficient (Wildman–Crippen LogP) is 3.36. The Morgan fingerprint density at radius 2 is 1.95 bits per heavy atom. The molecule has 2 aromatic rings. The molecule has 0 spiro atoms. The molecule has 2 rings (SSSR count). The predicted molar refractivity (Wildman–Crippen MR) is 80.7 cm³/mol. The van der Waals surface area contributed by atoms with E-state index >= 15 is 0 Å². The lowest BCUT2D eigenvalue weighted by molar-refractivity contribution is -0.384. The Kier molecular flexibility index (Phi) is 4.37. The monoisotopic (exact) mass is 289 g/mol. The fraction of sp³-hybridized carbons (Fsp3) is 0.200. The lowest BCUT2D eigenvalue weighted by Crippen LogP contribution is -2.18. The van der Waals surface area contributed by atoms with Gasteiger partial charge in [-0.3, -0.25) is 10.1 Å².